The number of carbonyl (C=O) groups excluding carboxylic acids is 1. The summed E-state index contributed by atoms with van der Waals surface area (Å²) in [4.78, 5) is 15.0. The quantitative estimate of drug-likeness (QED) is 0.684. The zero-order valence-corrected chi connectivity index (χ0v) is 18.1. The van der Waals surface area contributed by atoms with Gasteiger partial charge in [0.15, 0.2) is 11.5 Å². The van der Waals surface area contributed by atoms with Crippen LogP contribution in [-0.4, -0.2) is 44.7 Å². The summed E-state index contributed by atoms with van der Waals surface area (Å²) in [7, 11) is 5.47. The lowest BCUT2D eigenvalue weighted by Crippen LogP contribution is -2.43. The molecule has 0 amide bonds. The minimum absolute atomic E-state index is 0.0198. The third kappa shape index (κ3) is 3.58. The molecule has 0 radical (unpaired) electrons. The van der Waals surface area contributed by atoms with Gasteiger partial charge in [0, 0.05) is 17.9 Å². The van der Waals surface area contributed by atoms with Crippen LogP contribution in [0.2, 0.25) is 0 Å². The molecule has 0 aromatic heterocycles. The third-order valence-corrected chi connectivity index (χ3v) is 6.64. The van der Waals surface area contributed by atoms with Gasteiger partial charge in [-0.05, 0) is 69.3 Å². The van der Waals surface area contributed by atoms with Gasteiger partial charge in [-0.3, -0.25) is 0 Å². The van der Waals surface area contributed by atoms with E-state index in [1.165, 1.54) is 5.56 Å². The lowest BCUT2D eigenvalue weighted by atomic mass is 9.68. The van der Waals surface area contributed by atoms with Crippen LogP contribution in [0, 0.1) is 6.92 Å². The second kappa shape index (κ2) is 8.15. The number of hydrogen-bond donors (Lipinski definition) is 0. The van der Waals surface area contributed by atoms with E-state index in [0.717, 1.165) is 42.2 Å². The molecule has 0 N–H and O–H groups in total. The highest BCUT2D eigenvalue weighted by Gasteiger charge is 2.49. The maximum absolute atomic E-state index is 12.6. The number of rotatable bonds is 5. The van der Waals surface area contributed by atoms with E-state index in [-0.39, 0.29) is 17.4 Å². The first-order valence-electron chi connectivity index (χ1n) is 10.4. The number of nitrogens with zero attached hydrogens (tertiary/aromatic N) is 1. The van der Waals surface area contributed by atoms with Crippen LogP contribution in [0.25, 0.3) is 0 Å². The van der Waals surface area contributed by atoms with Gasteiger partial charge in [0.25, 0.3) is 0 Å². The van der Waals surface area contributed by atoms with Crippen molar-refractivity contribution in [1.29, 1.82) is 0 Å². The average molecular weight is 408 g/mol. The molecule has 5 nitrogen and oxygen atoms in total. The molecule has 2 aromatic rings. The van der Waals surface area contributed by atoms with Crippen molar-refractivity contribution in [3.63, 3.8) is 0 Å². The lowest BCUT2D eigenvalue weighted by molar-refractivity contribution is 0.0579. The molecule has 0 spiro atoms. The van der Waals surface area contributed by atoms with E-state index in [2.05, 4.69) is 30.2 Å². The fourth-order valence-corrected chi connectivity index (χ4v) is 4.83. The Morgan fingerprint density at radius 2 is 1.80 bits per heavy atom. The van der Waals surface area contributed by atoms with Crippen LogP contribution in [0.4, 0.5) is 0 Å². The average Bonchev–Trinajstić information content (AvgIpc) is 3.11. The normalized spacial score (nSPS) is 23.5. The smallest absolute Gasteiger partial charge is 0.343 e. The van der Waals surface area contributed by atoms with Gasteiger partial charge in [0.1, 0.15) is 5.76 Å². The summed E-state index contributed by atoms with van der Waals surface area (Å²) in [5.41, 5.74) is 2.93. The van der Waals surface area contributed by atoms with Gasteiger partial charge in [-0.2, -0.15) is 0 Å². The zero-order valence-electron chi connectivity index (χ0n) is 18.1. The molecule has 1 heterocycles. The molecule has 0 bridgehead atoms. The number of aryl methyl sites for hydroxylation is 1. The van der Waals surface area contributed by atoms with Crippen molar-refractivity contribution >= 4 is 5.97 Å². The number of fused-ring (bicyclic) bond motifs is 1. The molecule has 5 heteroatoms. The number of hydrogen-bond acceptors (Lipinski definition) is 5. The van der Waals surface area contributed by atoms with Gasteiger partial charge in [-0.25, -0.2) is 4.79 Å². The minimum atomic E-state index is -0.291. The second-order valence-corrected chi connectivity index (χ2v) is 8.31. The molecule has 0 saturated carbocycles. The summed E-state index contributed by atoms with van der Waals surface area (Å²) in [5, 5.41) is 0. The van der Waals surface area contributed by atoms with Crippen molar-refractivity contribution in [2.24, 2.45) is 0 Å². The first-order chi connectivity index (χ1) is 14.5. The molecule has 1 fully saturated rings. The summed E-state index contributed by atoms with van der Waals surface area (Å²) in [6.07, 6.45) is 4.69. The summed E-state index contributed by atoms with van der Waals surface area (Å²) >= 11 is 0. The summed E-state index contributed by atoms with van der Waals surface area (Å²) in [6, 6.07) is 14.0. The number of methoxy groups -OCH3 is 2. The number of likely N-dealkylation sites (tertiary alicyclic amines) is 1. The highest BCUT2D eigenvalue weighted by molar-refractivity contribution is 5.90. The van der Waals surface area contributed by atoms with Crippen molar-refractivity contribution in [2.45, 2.75) is 37.6 Å². The Labute approximate surface area is 178 Å². The van der Waals surface area contributed by atoms with Gasteiger partial charge >= 0.3 is 5.97 Å². The first kappa shape index (κ1) is 20.5. The fourth-order valence-electron chi connectivity index (χ4n) is 4.83. The number of esters is 1. The molecule has 2 aliphatic rings. The maximum Gasteiger partial charge on any atom is 0.343 e. The molecule has 1 aliphatic heterocycles. The van der Waals surface area contributed by atoms with E-state index >= 15 is 0 Å². The fraction of sp³-hybridized carbons (Fsp3) is 0.400. The molecular formula is C25H29NO4. The number of allylic oxidation sites excluding steroid dienone is 1. The summed E-state index contributed by atoms with van der Waals surface area (Å²) in [5.74, 6) is 1.95. The largest absolute Gasteiger partial charge is 0.493 e. The predicted octanol–water partition coefficient (Wildman–Crippen LogP) is 4.49. The second-order valence-electron chi connectivity index (χ2n) is 8.31. The van der Waals surface area contributed by atoms with Crippen LogP contribution in [-0.2, 0) is 10.2 Å². The topological polar surface area (TPSA) is 48.0 Å². The van der Waals surface area contributed by atoms with Crippen LogP contribution < -0.4 is 9.47 Å². The molecular weight excluding hydrogens is 378 g/mol. The molecule has 2 atom stereocenters. The Bertz CT molecular complexity index is 966. The SMILES string of the molecule is COc1ccc(C23CC=C(OC(=O)c4ccc(C)cc4)CC2N(C)CC3)cc1OC. The standard InChI is InChI=1S/C25H29NO4/c1-17-5-7-18(8-6-17)24(27)30-20-11-12-25(13-14-26(2)23(25)16-20)19-9-10-21(28-3)22(15-19)29-4/h5-11,15,23H,12-14,16H2,1-4H3. The van der Waals surface area contributed by atoms with E-state index < -0.39 is 0 Å². The van der Waals surface area contributed by atoms with E-state index in [0.29, 0.717) is 12.0 Å². The van der Waals surface area contributed by atoms with Gasteiger partial charge in [0.05, 0.1) is 19.8 Å². The minimum Gasteiger partial charge on any atom is -0.493 e. The third-order valence-electron chi connectivity index (χ3n) is 6.64. The van der Waals surface area contributed by atoms with Gasteiger partial charge in [-0.1, -0.05) is 23.8 Å². The van der Waals surface area contributed by atoms with Gasteiger partial charge in [0.2, 0.25) is 0 Å². The highest BCUT2D eigenvalue weighted by Crippen LogP contribution is 2.49. The van der Waals surface area contributed by atoms with Crippen LogP contribution in [0.1, 0.15) is 40.7 Å². The van der Waals surface area contributed by atoms with Gasteiger partial charge < -0.3 is 19.1 Å². The van der Waals surface area contributed by atoms with Crippen LogP contribution >= 0.6 is 0 Å². The van der Waals surface area contributed by atoms with Crippen molar-refractivity contribution in [2.75, 3.05) is 27.8 Å². The van der Waals surface area contributed by atoms with E-state index in [1.807, 2.05) is 37.3 Å². The van der Waals surface area contributed by atoms with E-state index in [9.17, 15) is 4.79 Å². The molecule has 2 aromatic carbocycles. The number of likely N-dealkylation sites (N-methyl/N-ethyl adjacent to an activating group) is 1. The predicted molar refractivity (Wildman–Crippen MR) is 116 cm³/mol. The van der Waals surface area contributed by atoms with Crippen molar-refractivity contribution in [1.82, 2.24) is 4.90 Å². The van der Waals surface area contributed by atoms with Crippen LogP contribution in [0.5, 0.6) is 11.5 Å². The molecule has 4 rings (SSSR count). The molecule has 1 saturated heterocycles. The van der Waals surface area contributed by atoms with Crippen LogP contribution in [0.3, 0.4) is 0 Å². The zero-order chi connectivity index (χ0) is 21.3. The van der Waals surface area contributed by atoms with E-state index in [1.54, 1.807) is 14.2 Å². The highest BCUT2D eigenvalue weighted by atomic mass is 16.5. The Morgan fingerprint density at radius 1 is 1.07 bits per heavy atom. The summed E-state index contributed by atoms with van der Waals surface area (Å²) in [6.45, 7) is 3.01. The van der Waals surface area contributed by atoms with Crippen molar-refractivity contribution < 1.29 is 19.0 Å². The number of ether oxygens (including phenoxy) is 3. The lowest BCUT2D eigenvalue weighted by Gasteiger charge is -2.40. The number of benzene rings is 2. The Kier molecular flexibility index (Phi) is 5.56. The molecule has 30 heavy (non-hydrogen) atoms. The molecule has 158 valence electrons. The Balaban J connectivity index is 1.60. The summed E-state index contributed by atoms with van der Waals surface area (Å²) < 4.78 is 16.7. The Hall–Kier alpha value is -2.79. The van der Waals surface area contributed by atoms with Crippen molar-refractivity contribution in [3.05, 3.63) is 71.0 Å². The van der Waals surface area contributed by atoms with Crippen molar-refractivity contribution in [3.8, 4) is 11.5 Å². The molecule has 2 unspecified atom stereocenters. The van der Waals surface area contributed by atoms with Gasteiger partial charge in [-0.15, -0.1) is 0 Å². The monoisotopic (exact) mass is 407 g/mol. The van der Waals surface area contributed by atoms with E-state index in [4.69, 9.17) is 14.2 Å². The Morgan fingerprint density at radius 3 is 2.50 bits per heavy atom. The molecule has 1 aliphatic carbocycles. The van der Waals surface area contributed by atoms with Crippen LogP contribution in [0.15, 0.2) is 54.3 Å². The number of carbonyl (C=O) groups is 1. The maximum atomic E-state index is 12.6. The first-order valence-corrected chi connectivity index (χ1v) is 10.4.